The molecule has 0 bridgehead atoms. The van der Waals surface area contributed by atoms with E-state index in [-0.39, 0.29) is 0 Å². The Labute approximate surface area is 56.1 Å². The summed E-state index contributed by atoms with van der Waals surface area (Å²) in [4.78, 5) is 0. The molecule has 0 atom stereocenters. The molecular weight excluding hydrogens is 130 g/mol. The molecule has 0 fully saturated rings. The molecule has 0 aromatic rings. The van der Waals surface area contributed by atoms with E-state index < -0.39 is 8.07 Å². The van der Waals surface area contributed by atoms with Gasteiger partial charge in [0, 0.05) is 5.69 Å². The van der Waals surface area contributed by atoms with Crippen LogP contribution in [0.5, 0.6) is 0 Å². The van der Waals surface area contributed by atoms with Crippen LogP contribution in [0.3, 0.4) is 0 Å². The van der Waals surface area contributed by atoms with Crippen molar-refractivity contribution in [1.82, 2.24) is 0 Å². The minimum atomic E-state index is -1.33. The highest BCUT2D eigenvalue weighted by Gasteiger charge is 2.09. The fraction of sp³-hybridized carbons (Fsp3) is 0.800. The molecule has 0 saturated heterocycles. The lowest BCUT2D eigenvalue weighted by Crippen LogP contribution is -2.15. The van der Waals surface area contributed by atoms with E-state index in [1.165, 1.54) is 10.2 Å². The monoisotopic (exact) mass is 145 g/mol. The van der Waals surface area contributed by atoms with E-state index in [0.717, 1.165) is 0 Å². The van der Waals surface area contributed by atoms with Crippen LogP contribution in [-0.4, -0.2) is 18.3 Å². The van der Waals surface area contributed by atoms with Gasteiger partial charge in [0.15, 0.2) is 8.07 Å². The van der Waals surface area contributed by atoms with Gasteiger partial charge in [-0.15, -0.1) is 0 Å². The van der Waals surface area contributed by atoms with Crippen LogP contribution >= 0.6 is 0 Å². The highest BCUT2D eigenvalue weighted by molar-refractivity contribution is 6.83. The Morgan fingerprint density at radius 1 is 1.25 bits per heavy atom. The number of rotatable bonds is 0. The smallest absolute Gasteiger partial charge is 0.164 e. The number of nitriles is 1. The molecule has 0 rings (SSSR count). The lowest BCUT2D eigenvalue weighted by atomic mass is 11.7. The molecule has 0 saturated carbocycles. The first-order chi connectivity index (χ1) is 3.56. The fourth-order valence-corrected chi connectivity index (χ4v) is 0. The second-order valence-electron chi connectivity index (χ2n) is 2.36. The topological polar surface area (TPSA) is 23.8 Å². The van der Waals surface area contributed by atoms with Gasteiger partial charge in [-0.25, -0.2) is 5.26 Å². The summed E-state index contributed by atoms with van der Waals surface area (Å²) in [5.74, 6) is 0. The highest BCUT2D eigenvalue weighted by atomic mass is 28.3. The maximum absolute atomic E-state index is 8.21. The van der Waals surface area contributed by atoms with Crippen LogP contribution in [0.25, 0.3) is 0 Å². The van der Waals surface area contributed by atoms with Gasteiger partial charge in [-0.1, -0.05) is 26.2 Å². The predicted octanol–water partition coefficient (Wildman–Crippen LogP) is 0.787. The molecule has 0 aliphatic rings. The van der Waals surface area contributed by atoms with Crippen molar-refractivity contribution >= 4 is 18.3 Å². The molecule has 0 N–H and O–H groups in total. The highest BCUT2D eigenvalue weighted by Crippen LogP contribution is 1.94. The molecule has 0 heterocycles. The maximum atomic E-state index is 8.21. The largest absolute Gasteiger partial charge is 0.207 e. The third-order valence-corrected chi connectivity index (χ3v) is 1.01. The molecule has 0 amide bonds. The SMILES string of the molecule is C[SiH3].C[Si](C)(C)C#N. The third kappa shape index (κ3) is 16.8. The molecule has 3 heteroatoms. The van der Waals surface area contributed by atoms with E-state index in [0.29, 0.717) is 0 Å². The van der Waals surface area contributed by atoms with Crippen LogP contribution in [0.1, 0.15) is 0 Å². The molecule has 0 unspecified atom stereocenters. The zero-order valence-electron chi connectivity index (χ0n) is 6.45. The molecule has 0 aromatic carbocycles. The summed E-state index contributed by atoms with van der Waals surface area (Å²) in [7, 11) is -0.0201. The van der Waals surface area contributed by atoms with Crippen molar-refractivity contribution in [2.75, 3.05) is 0 Å². The van der Waals surface area contributed by atoms with Crippen LogP contribution < -0.4 is 0 Å². The first-order valence-corrected chi connectivity index (χ1v) is 8.47. The average Bonchev–Trinajstić information content (AvgIpc) is 1.71. The molecular formula is C5H15NSi2. The van der Waals surface area contributed by atoms with E-state index in [1.807, 2.05) is 19.6 Å². The van der Waals surface area contributed by atoms with Gasteiger partial charge in [-0.2, -0.15) is 0 Å². The summed E-state index contributed by atoms with van der Waals surface area (Å²) in [5.41, 5.74) is 2.24. The second-order valence-corrected chi connectivity index (χ2v) is 7.09. The van der Waals surface area contributed by atoms with Crippen LogP contribution in [0.2, 0.25) is 26.2 Å². The zero-order chi connectivity index (χ0) is 7.21. The van der Waals surface area contributed by atoms with Crippen molar-refractivity contribution in [3.8, 4) is 5.69 Å². The van der Waals surface area contributed by atoms with Crippen LogP contribution in [0.4, 0.5) is 0 Å². The molecule has 0 aliphatic carbocycles. The van der Waals surface area contributed by atoms with Crippen LogP contribution in [0.15, 0.2) is 0 Å². The van der Waals surface area contributed by atoms with E-state index in [2.05, 4.69) is 12.2 Å². The van der Waals surface area contributed by atoms with Crippen molar-refractivity contribution in [1.29, 1.82) is 5.26 Å². The first-order valence-electron chi connectivity index (χ1n) is 2.97. The minimum Gasteiger partial charge on any atom is -0.207 e. The Kier molecular flexibility index (Phi) is 6.86. The molecule has 0 radical (unpaired) electrons. The van der Waals surface area contributed by atoms with Gasteiger partial charge < -0.3 is 0 Å². The Bertz CT molecular complexity index is 77.4. The Balaban J connectivity index is 0. The lowest BCUT2D eigenvalue weighted by Gasteiger charge is -1.96. The van der Waals surface area contributed by atoms with Crippen molar-refractivity contribution in [3.05, 3.63) is 0 Å². The summed E-state index contributed by atoms with van der Waals surface area (Å²) in [6.07, 6.45) is 0. The van der Waals surface area contributed by atoms with Crippen molar-refractivity contribution in [3.63, 3.8) is 0 Å². The molecule has 0 aromatic heterocycles. The third-order valence-electron chi connectivity index (χ3n) is 0.335. The van der Waals surface area contributed by atoms with E-state index in [9.17, 15) is 0 Å². The summed E-state index contributed by atoms with van der Waals surface area (Å²) in [6.45, 7) is 8.20. The number of nitrogens with zero attached hydrogens (tertiary/aromatic N) is 1. The average molecular weight is 145 g/mol. The van der Waals surface area contributed by atoms with Crippen molar-refractivity contribution < 1.29 is 0 Å². The predicted molar refractivity (Wildman–Crippen MR) is 44.8 cm³/mol. The van der Waals surface area contributed by atoms with Gasteiger partial charge in [0.05, 0.1) is 0 Å². The van der Waals surface area contributed by atoms with Crippen molar-refractivity contribution in [2.45, 2.75) is 26.2 Å². The Morgan fingerprint density at radius 3 is 1.38 bits per heavy atom. The standard InChI is InChI=1S/C4H9NSi.CH6Si/c1-6(2,3)4-5;1-2/h1-3H3;1-2H3. The van der Waals surface area contributed by atoms with Crippen LogP contribution in [-0.2, 0) is 0 Å². The van der Waals surface area contributed by atoms with E-state index in [1.54, 1.807) is 0 Å². The number of hydrogen-bond acceptors (Lipinski definition) is 1. The molecule has 48 valence electrons. The van der Waals surface area contributed by atoms with Gasteiger partial charge in [0.25, 0.3) is 0 Å². The van der Waals surface area contributed by atoms with E-state index >= 15 is 0 Å². The molecule has 8 heavy (non-hydrogen) atoms. The quantitative estimate of drug-likeness (QED) is 0.462. The summed E-state index contributed by atoms with van der Waals surface area (Å²) in [6, 6.07) is 0. The van der Waals surface area contributed by atoms with Gasteiger partial charge >= 0.3 is 0 Å². The van der Waals surface area contributed by atoms with Gasteiger partial charge in [-0.05, 0) is 10.2 Å². The second kappa shape index (κ2) is 5.07. The maximum Gasteiger partial charge on any atom is 0.164 e. The fourth-order valence-electron chi connectivity index (χ4n) is 0. The van der Waals surface area contributed by atoms with Crippen molar-refractivity contribution in [2.24, 2.45) is 0 Å². The van der Waals surface area contributed by atoms with Crippen LogP contribution in [0, 0.1) is 11.0 Å². The van der Waals surface area contributed by atoms with Gasteiger partial charge in [-0.3, -0.25) is 0 Å². The number of hydrogen-bond donors (Lipinski definition) is 0. The zero-order valence-corrected chi connectivity index (χ0v) is 9.45. The summed E-state index contributed by atoms with van der Waals surface area (Å²) >= 11 is 0. The molecule has 0 aliphatic heterocycles. The van der Waals surface area contributed by atoms with Gasteiger partial charge in [0.2, 0.25) is 0 Å². The molecule has 1 nitrogen and oxygen atoms in total. The first kappa shape index (κ1) is 10.8. The van der Waals surface area contributed by atoms with Gasteiger partial charge in [0.1, 0.15) is 0 Å². The minimum absolute atomic E-state index is 1.31. The van der Waals surface area contributed by atoms with E-state index in [4.69, 9.17) is 5.26 Å². The lowest BCUT2D eigenvalue weighted by molar-refractivity contribution is 1.53. The summed E-state index contributed by atoms with van der Waals surface area (Å²) in [5, 5.41) is 8.21. The summed E-state index contributed by atoms with van der Waals surface area (Å²) < 4.78 is 0. The normalized spacial score (nSPS) is 8.88. The Hall–Kier alpha value is -0.0762. The Morgan fingerprint density at radius 2 is 1.38 bits per heavy atom. The molecule has 0 spiro atoms.